The lowest BCUT2D eigenvalue weighted by atomic mass is 9.85. The van der Waals surface area contributed by atoms with Crippen molar-refractivity contribution in [2.75, 3.05) is 20.3 Å². The molecule has 1 aromatic rings. The molecular weight excluding hydrogens is 603 g/mol. The predicted octanol–water partition coefficient (Wildman–Crippen LogP) is 2.84. The van der Waals surface area contributed by atoms with Crippen molar-refractivity contribution in [3.05, 3.63) is 45.6 Å². The summed E-state index contributed by atoms with van der Waals surface area (Å²) < 4.78 is 12.5. The van der Waals surface area contributed by atoms with Crippen LogP contribution in [0.2, 0.25) is 0 Å². The normalized spacial score (nSPS) is 21.8. The zero-order valence-electron chi connectivity index (χ0n) is 21.9. The SMILES string of the molecule is C=CCCC(=O)N(C1CCCCC1)C1CC(C(=O)NCCO)=CC(Oc2c(I)cc(CO)cc2OC)C1O. The van der Waals surface area contributed by atoms with Crippen LogP contribution in [0.25, 0.3) is 0 Å². The second-order valence-corrected chi connectivity index (χ2v) is 10.9. The summed E-state index contributed by atoms with van der Waals surface area (Å²) in [4.78, 5) is 28.3. The fraction of sp³-hybridized carbons (Fsp3) is 0.571. The molecule has 1 saturated carbocycles. The van der Waals surface area contributed by atoms with E-state index in [-0.39, 0.29) is 50.5 Å². The summed E-state index contributed by atoms with van der Waals surface area (Å²) in [6, 6.07) is 2.73. The molecule has 0 aromatic heterocycles. The minimum atomic E-state index is -1.10. The Labute approximate surface area is 238 Å². The highest BCUT2D eigenvalue weighted by Gasteiger charge is 2.43. The number of rotatable bonds is 12. The van der Waals surface area contributed by atoms with Crippen LogP contribution in [0.15, 0.2) is 36.4 Å². The van der Waals surface area contributed by atoms with Crippen LogP contribution in [0.1, 0.15) is 56.9 Å². The fourth-order valence-corrected chi connectivity index (χ4v) is 6.03. The highest BCUT2D eigenvalue weighted by Crippen LogP contribution is 2.38. The quantitative estimate of drug-likeness (QED) is 0.204. The Kier molecular flexibility index (Phi) is 11.9. The molecule has 2 aliphatic carbocycles. The monoisotopic (exact) mass is 642 g/mol. The smallest absolute Gasteiger partial charge is 0.247 e. The highest BCUT2D eigenvalue weighted by molar-refractivity contribution is 14.1. The number of hydrogen-bond donors (Lipinski definition) is 4. The topological polar surface area (TPSA) is 129 Å². The number of carbonyl (C=O) groups is 2. The number of nitrogens with zero attached hydrogens (tertiary/aromatic N) is 1. The Balaban J connectivity index is 2.01. The maximum atomic E-state index is 13.5. The second kappa shape index (κ2) is 14.9. The molecule has 2 amide bonds. The second-order valence-electron chi connectivity index (χ2n) is 9.70. The van der Waals surface area contributed by atoms with E-state index >= 15 is 0 Å². The van der Waals surface area contributed by atoms with E-state index in [1.165, 1.54) is 7.11 Å². The molecule has 4 N–H and O–H groups in total. The van der Waals surface area contributed by atoms with E-state index in [1.807, 2.05) is 0 Å². The minimum Gasteiger partial charge on any atom is -0.493 e. The summed E-state index contributed by atoms with van der Waals surface area (Å²) in [5.41, 5.74) is 1.04. The Morgan fingerprint density at radius 2 is 1.97 bits per heavy atom. The zero-order valence-corrected chi connectivity index (χ0v) is 24.1. The molecule has 210 valence electrons. The third kappa shape index (κ3) is 7.49. The average Bonchev–Trinajstić information content (AvgIpc) is 2.93. The molecule has 10 heteroatoms. The number of benzene rings is 1. The molecule has 3 atom stereocenters. The van der Waals surface area contributed by atoms with Gasteiger partial charge in [0.1, 0.15) is 12.2 Å². The summed E-state index contributed by atoms with van der Waals surface area (Å²) in [6.45, 7) is 3.46. The fourth-order valence-electron chi connectivity index (χ4n) is 5.24. The van der Waals surface area contributed by atoms with Gasteiger partial charge in [-0.1, -0.05) is 25.3 Å². The van der Waals surface area contributed by atoms with Crippen molar-refractivity contribution in [3.8, 4) is 11.5 Å². The lowest BCUT2D eigenvalue weighted by molar-refractivity contribution is -0.143. The first-order chi connectivity index (χ1) is 18.3. The van der Waals surface area contributed by atoms with Crippen LogP contribution < -0.4 is 14.8 Å². The summed E-state index contributed by atoms with van der Waals surface area (Å²) >= 11 is 2.08. The van der Waals surface area contributed by atoms with E-state index in [0.717, 1.165) is 32.1 Å². The average molecular weight is 643 g/mol. The lowest BCUT2D eigenvalue weighted by Crippen LogP contribution is -2.58. The molecule has 9 nitrogen and oxygen atoms in total. The molecule has 0 saturated heterocycles. The van der Waals surface area contributed by atoms with Crippen molar-refractivity contribution in [2.45, 2.75) is 82.3 Å². The third-order valence-electron chi connectivity index (χ3n) is 7.12. The first-order valence-electron chi connectivity index (χ1n) is 13.2. The van der Waals surface area contributed by atoms with Crippen molar-refractivity contribution in [3.63, 3.8) is 0 Å². The van der Waals surface area contributed by atoms with Crippen LogP contribution in [-0.2, 0) is 16.2 Å². The van der Waals surface area contributed by atoms with Crippen LogP contribution in [0.3, 0.4) is 0 Å². The van der Waals surface area contributed by atoms with Gasteiger partial charge in [-0.25, -0.2) is 0 Å². The minimum absolute atomic E-state index is 0.0280. The summed E-state index contributed by atoms with van der Waals surface area (Å²) in [6.07, 6.45) is 7.05. The molecule has 0 aliphatic heterocycles. The summed E-state index contributed by atoms with van der Waals surface area (Å²) in [5, 5.41) is 33.1. The maximum absolute atomic E-state index is 13.5. The number of halogens is 1. The van der Waals surface area contributed by atoms with Gasteiger partial charge in [0, 0.05) is 31.0 Å². The zero-order chi connectivity index (χ0) is 27.7. The van der Waals surface area contributed by atoms with Gasteiger partial charge in [0.15, 0.2) is 11.5 Å². The van der Waals surface area contributed by atoms with Crippen molar-refractivity contribution < 1.29 is 34.4 Å². The van der Waals surface area contributed by atoms with Gasteiger partial charge in [-0.15, -0.1) is 6.58 Å². The van der Waals surface area contributed by atoms with E-state index in [9.17, 15) is 24.9 Å². The molecular formula is C28H39IN2O7. The van der Waals surface area contributed by atoms with E-state index in [4.69, 9.17) is 9.47 Å². The molecule has 2 aliphatic rings. The highest BCUT2D eigenvalue weighted by atomic mass is 127. The van der Waals surface area contributed by atoms with Crippen LogP contribution in [0, 0.1) is 3.57 Å². The number of methoxy groups -OCH3 is 1. The molecule has 3 rings (SSSR count). The van der Waals surface area contributed by atoms with Crippen molar-refractivity contribution in [1.29, 1.82) is 0 Å². The lowest BCUT2D eigenvalue weighted by Gasteiger charge is -2.45. The van der Waals surface area contributed by atoms with E-state index in [2.05, 4.69) is 34.5 Å². The number of aliphatic hydroxyl groups is 3. The first kappa shape index (κ1) is 30.4. The van der Waals surface area contributed by atoms with Crippen LogP contribution in [0.4, 0.5) is 0 Å². The van der Waals surface area contributed by atoms with Crippen molar-refractivity contribution >= 4 is 34.4 Å². The van der Waals surface area contributed by atoms with Crippen LogP contribution >= 0.6 is 22.6 Å². The largest absolute Gasteiger partial charge is 0.493 e. The first-order valence-corrected chi connectivity index (χ1v) is 14.3. The van der Waals surface area contributed by atoms with Gasteiger partial charge >= 0.3 is 0 Å². The molecule has 38 heavy (non-hydrogen) atoms. The van der Waals surface area contributed by atoms with Crippen LogP contribution in [-0.4, -0.2) is 76.6 Å². The Bertz CT molecular complexity index is 1010. The van der Waals surface area contributed by atoms with E-state index in [0.29, 0.717) is 32.6 Å². The van der Waals surface area contributed by atoms with Gasteiger partial charge in [-0.05, 0) is 65.6 Å². The van der Waals surface area contributed by atoms with Crippen molar-refractivity contribution in [2.24, 2.45) is 0 Å². The Morgan fingerprint density at radius 3 is 2.61 bits per heavy atom. The molecule has 0 heterocycles. The number of allylic oxidation sites excluding steroid dienone is 1. The maximum Gasteiger partial charge on any atom is 0.247 e. The number of aliphatic hydroxyl groups excluding tert-OH is 3. The van der Waals surface area contributed by atoms with Gasteiger partial charge in [-0.3, -0.25) is 9.59 Å². The van der Waals surface area contributed by atoms with Gasteiger partial charge in [0.2, 0.25) is 11.8 Å². The Morgan fingerprint density at radius 1 is 1.24 bits per heavy atom. The van der Waals surface area contributed by atoms with Crippen LogP contribution in [0.5, 0.6) is 11.5 Å². The van der Waals surface area contributed by atoms with Gasteiger partial charge in [-0.2, -0.15) is 0 Å². The predicted molar refractivity (Wildman–Crippen MR) is 152 cm³/mol. The van der Waals surface area contributed by atoms with E-state index in [1.54, 1.807) is 29.2 Å². The molecule has 3 unspecified atom stereocenters. The standard InChI is InChI=1S/C28H39IN2O7/c1-3-4-10-25(34)31(20-8-6-5-7-9-20)22-15-19(28(36)30-11-12-32)16-23(26(22)35)38-27-21(29)13-18(17-33)14-24(27)37-2/h3,13-14,16,20,22-23,26,32-33,35H,1,4-12,15,17H2,2H3,(H,30,36). The summed E-state index contributed by atoms with van der Waals surface area (Å²) in [7, 11) is 1.49. The third-order valence-corrected chi connectivity index (χ3v) is 7.92. The number of carbonyl (C=O) groups excluding carboxylic acids is 2. The molecule has 0 bridgehead atoms. The van der Waals surface area contributed by atoms with Gasteiger partial charge in [0.25, 0.3) is 0 Å². The van der Waals surface area contributed by atoms with E-state index < -0.39 is 18.2 Å². The number of ether oxygens (including phenoxy) is 2. The molecule has 0 radical (unpaired) electrons. The molecule has 1 aromatic carbocycles. The number of nitrogens with one attached hydrogen (secondary N) is 1. The summed E-state index contributed by atoms with van der Waals surface area (Å²) in [5.74, 6) is 0.324. The number of amides is 2. The Hall–Kier alpha value is -2.15. The molecule has 0 spiro atoms. The van der Waals surface area contributed by atoms with Crippen molar-refractivity contribution in [1.82, 2.24) is 10.2 Å². The molecule has 1 fully saturated rings. The number of hydrogen-bond acceptors (Lipinski definition) is 7. The van der Waals surface area contributed by atoms with Gasteiger partial charge < -0.3 is 35.0 Å². The van der Waals surface area contributed by atoms with Gasteiger partial charge in [0.05, 0.1) is 29.9 Å².